The number of benzene rings is 1. The van der Waals surface area contributed by atoms with Crippen molar-refractivity contribution in [2.45, 2.75) is 58.0 Å². The second-order valence-electron chi connectivity index (χ2n) is 7.70. The highest BCUT2D eigenvalue weighted by Crippen LogP contribution is 2.21. The van der Waals surface area contributed by atoms with Crippen LogP contribution in [-0.2, 0) is 26.1 Å². The minimum absolute atomic E-state index is 0.0718. The van der Waals surface area contributed by atoms with Crippen LogP contribution >= 0.6 is 0 Å². The number of fused-ring (bicyclic) bond motifs is 1. The maximum atomic E-state index is 12.9. The molecule has 3 aromatic rings. The first kappa shape index (κ1) is 27.4. The number of aliphatic carboxylic acids is 1. The van der Waals surface area contributed by atoms with Crippen molar-refractivity contribution in [1.82, 2.24) is 18.8 Å². The van der Waals surface area contributed by atoms with Gasteiger partial charge in [-0.1, -0.05) is 25.5 Å². The molecule has 1 N–H and O–H groups in total. The van der Waals surface area contributed by atoms with Gasteiger partial charge in [-0.05, 0) is 51.0 Å². The largest absolute Gasteiger partial charge is 0.480 e. The first-order valence-electron chi connectivity index (χ1n) is 11.3. The van der Waals surface area contributed by atoms with E-state index in [4.69, 9.17) is 4.74 Å². The normalized spacial score (nSPS) is 12.4. The summed E-state index contributed by atoms with van der Waals surface area (Å²) in [6.07, 6.45) is 4.24. The zero-order valence-corrected chi connectivity index (χ0v) is 21.2. The molecule has 0 spiro atoms. The van der Waals surface area contributed by atoms with Crippen LogP contribution in [0, 0.1) is 6.92 Å². The summed E-state index contributed by atoms with van der Waals surface area (Å²) in [4.78, 5) is 20.1. The van der Waals surface area contributed by atoms with Crippen LogP contribution in [0.5, 0.6) is 0 Å². The lowest BCUT2D eigenvalue weighted by molar-refractivity contribution is -0.141. The lowest BCUT2D eigenvalue weighted by atomic mass is 10.2. The van der Waals surface area contributed by atoms with Crippen LogP contribution < -0.4 is 0 Å². The van der Waals surface area contributed by atoms with E-state index in [0.29, 0.717) is 13.0 Å². The zero-order chi connectivity index (χ0) is 25.3. The van der Waals surface area contributed by atoms with Crippen molar-refractivity contribution in [3.05, 3.63) is 54.1 Å². The van der Waals surface area contributed by atoms with Gasteiger partial charge >= 0.3 is 5.97 Å². The predicted molar refractivity (Wildman–Crippen MR) is 131 cm³/mol. The quantitative estimate of drug-likeness (QED) is 0.461. The molecule has 3 rings (SSSR count). The highest BCUT2D eigenvalue weighted by Gasteiger charge is 2.32. The fraction of sp³-hybridized carbons (Fsp3) is 0.458. The third-order valence-electron chi connectivity index (χ3n) is 5.38. The highest BCUT2D eigenvalue weighted by atomic mass is 32.2. The van der Waals surface area contributed by atoms with Gasteiger partial charge in [-0.15, -0.1) is 0 Å². The van der Waals surface area contributed by atoms with E-state index >= 15 is 0 Å². The van der Waals surface area contributed by atoms with Gasteiger partial charge < -0.3 is 14.4 Å². The Bertz CT molecular complexity index is 1170. The summed E-state index contributed by atoms with van der Waals surface area (Å²) >= 11 is 0. The van der Waals surface area contributed by atoms with Crippen molar-refractivity contribution in [2.24, 2.45) is 0 Å². The number of carboxylic acids is 1. The molecular formula is C24H34N4O5S. The van der Waals surface area contributed by atoms with E-state index in [1.54, 1.807) is 24.5 Å². The van der Waals surface area contributed by atoms with Crippen molar-refractivity contribution in [3.8, 4) is 0 Å². The topological polar surface area (TPSA) is 115 Å². The molecule has 9 nitrogen and oxygen atoms in total. The van der Waals surface area contributed by atoms with E-state index in [0.717, 1.165) is 39.9 Å². The van der Waals surface area contributed by atoms with Crippen LogP contribution in [0.3, 0.4) is 0 Å². The van der Waals surface area contributed by atoms with E-state index < -0.39 is 22.0 Å². The summed E-state index contributed by atoms with van der Waals surface area (Å²) in [7, 11) is -2.59. The number of carboxylic acid groups (broad SMARTS) is 1. The molecule has 1 aromatic carbocycles. The number of likely N-dealkylation sites (N-methyl/N-ethyl adjacent to an activating group) is 1. The molecule has 2 aromatic heterocycles. The predicted octanol–water partition coefficient (Wildman–Crippen LogP) is 3.70. The van der Waals surface area contributed by atoms with Gasteiger partial charge in [0.1, 0.15) is 17.4 Å². The van der Waals surface area contributed by atoms with E-state index in [1.165, 1.54) is 19.2 Å². The summed E-state index contributed by atoms with van der Waals surface area (Å²) in [6.45, 7) is 9.94. The first-order valence-corrected chi connectivity index (χ1v) is 12.8. The second kappa shape index (κ2) is 12.6. The molecule has 186 valence electrons. The van der Waals surface area contributed by atoms with Gasteiger partial charge in [-0.25, -0.2) is 13.4 Å². The lowest BCUT2D eigenvalue weighted by Gasteiger charge is -2.24. The van der Waals surface area contributed by atoms with Gasteiger partial charge in [0.05, 0.1) is 16.6 Å². The van der Waals surface area contributed by atoms with Crippen LogP contribution in [0.15, 0.2) is 47.6 Å². The van der Waals surface area contributed by atoms with Gasteiger partial charge in [0.15, 0.2) is 0 Å². The molecule has 0 aliphatic rings. The molecule has 1 unspecified atom stereocenters. The molecule has 34 heavy (non-hydrogen) atoms. The highest BCUT2D eigenvalue weighted by molar-refractivity contribution is 7.89. The van der Waals surface area contributed by atoms with Crippen LogP contribution in [0.4, 0.5) is 0 Å². The van der Waals surface area contributed by atoms with E-state index in [2.05, 4.69) is 9.97 Å². The van der Waals surface area contributed by atoms with E-state index in [-0.39, 0.29) is 11.3 Å². The molecule has 0 aliphatic heterocycles. The van der Waals surface area contributed by atoms with Gasteiger partial charge in [0, 0.05) is 33.0 Å². The molecule has 2 heterocycles. The number of sulfonamides is 1. The van der Waals surface area contributed by atoms with Gasteiger partial charge in [0.2, 0.25) is 10.0 Å². The molecule has 0 saturated heterocycles. The average molecular weight is 491 g/mol. The van der Waals surface area contributed by atoms with Crippen molar-refractivity contribution >= 4 is 27.0 Å². The number of aromatic nitrogens is 3. The Hall–Kier alpha value is -2.82. The Morgan fingerprint density at radius 3 is 2.32 bits per heavy atom. The SMILES string of the molecule is CCCC(C(=O)O)N(C)S(=O)(=O)c1ccc(Cn2c(C)nc3cnccc32)cc1.CCOCC. The summed E-state index contributed by atoms with van der Waals surface area (Å²) in [5, 5.41) is 9.37. The van der Waals surface area contributed by atoms with Crippen LogP contribution in [0.1, 0.15) is 45.0 Å². The number of carbonyl (C=O) groups is 1. The zero-order valence-electron chi connectivity index (χ0n) is 20.4. The van der Waals surface area contributed by atoms with Crippen LogP contribution in [0.2, 0.25) is 0 Å². The molecule has 0 saturated carbocycles. The Morgan fingerprint density at radius 1 is 1.15 bits per heavy atom. The minimum atomic E-state index is -3.90. The van der Waals surface area contributed by atoms with Crippen molar-refractivity contribution < 1.29 is 23.1 Å². The Balaban J connectivity index is 0.000000739. The molecular weight excluding hydrogens is 456 g/mol. The minimum Gasteiger partial charge on any atom is -0.480 e. The number of ether oxygens (including phenoxy) is 1. The number of hydrogen-bond donors (Lipinski definition) is 1. The monoisotopic (exact) mass is 490 g/mol. The Kier molecular flexibility index (Phi) is 10.2. The number of imidazole rings is 1. The third-order valence-corrected chi connectivity index (χ3v) is 7.26. The molecule has 0 amide bonds. The van der Waals surface area contributed by atoms with E-state index in [1.807, 2.05) is 38.3 Å². The fourth-order valence-corrected chi connectivity index (χ4v) is 4.87. The summed E-state index contributed by atoms with van der Waals surface area (Å²) < 4.78 is 33.5. The maximum Gasteiger partial charge on any atom is 0.322 e. The standard InChI is InChI=1S/C20H24N4O4S.C4H10O/c1-4-5-19(20(25)26)23(3)29(27,28)16-8-6-15(7-9-16)13-24-14(2)22-17-12-21-11-10-18(17)24;1-3-5-4-2/h6-12,19H,4-5,13H2,1-3H3,(H,25,26);3-4H2,1-2H3. The number of aryl methyl sites for hydroxylation is 1. The van der Waals surface area contributed by atoms with Gasteiger partial charge in [0.25, 0.3) is 0 Å². The Morgan fingerprint density at radius 2 is 1.79 bits per heavy atom. The van der Waals surface area contributed by atoms with Crippen LogP contribution in [-0.4, -0.2) is 64.6 Å². The lowest BCUT2D eigenvalue weighted by Crippen LogP contribution is -2.42. The molecule has 0 aliphatic carbocycles. The number of nitrogens with zero attached hydrogens (tertiary/aromatic N) is 4. The maximum absolute atomic E-state index is 12.9. The summed E-state index contributed by atoms with van der Waals surface area (Å²) in [5.41, 5.74) is 2.67. The van der Waals surface area contributed by atoms with Crippen molar-refractivity contribution in [2.75, 3.05) is 20.3 Å². The first-order chi connectivity index (χ1) is 16.2. The van der Waals surface area contributed by atoms with Gasteiger partial charge in [-0.3, -0.25) is 9.78 Å². The molecule has 0 bridgehead atoms. The molecule has 10 heteroatoms. The number of pyridine rings is 1. The van der Waals surface area contributed by atoms with Gasteiger partial charge in [-0.2, -0.15) is 4.31 Å². The average Bonchev–Trinajstić information content (AvgIpc) is 3.13. The fourth-order valence-electron chi connectivity index (χ4n) is 3.52. The summed E-state index contributed by atoms with van der Waals surface area (Å²) in [6, 6.07) is 7.32. The van der Waals surface area contributed by atoms with Crippen molar-refractivity contribution in [1.29, 1.82) is 0 Å². The number of rotatable bonds is 10. The molecule has 0 fully saturated rings. The third kappa shape index (κ3) is 6.62. The van der Waals surface area contributed by atoms with Crippen LogP contribution in [0.25, 0.3) is 11.0 Å². The van der Waals surface area contributed by atoms with Crippen molar-refractivity contribution in [3.63, 3.8) is 0 Å². The second-order valence-corrected chi connectivity index (χ2v) is 9.70. The Labute approximate surface area is 201 Å². The smallest absolute Gasteiger partial charge is 0.322 e. The molecule has 0 radical (unpaired) electrons. The number of hydrogen-bond acceptors (Lipinski definition) is 6. The van der Waals surface area contributed by atoms with E-state index in [9.17, 15) is 18.3 Å². The molecule has 1 atom stereocenters. The summed E-state index contributed by atoms with van der Waals surface area (Å²) in [5.74, 6) is -0.306.